The number of fused-ring (bicyclic) bond motifs is 1. The summed E-state index contributed by atoms with van der Waals surface area (Å²) in [6.45, 7) is 3.01. The van der Waals surface area contributed by atoms with E-state index in [0.717, 1.165) is 5.69 Å². The molecule has 0 aliphatic carbocycles. The van der Waals surface area contributed by atoms with E-state index in [-0.39, 0.29) is 6.61 Å². The number of carbonyl (C=O) groups is 1. The minimum absolute atomic E-state index is 0.273. The van der Waals surface area contributed by atoms with Crippen LogP contribution in [0.5, 0.6) is 11.5 Å². The summed E-state index contributed by atoms with van der Waals surface area (Å²) < 4.78 is 11.7. The standard InChI is InChI=1S/C30H29ClN6O3/c1-4-39-28-15-26-24(14-23(28)22(30(33)38)10-12-37(2)3)29(19(16-32)17-35-26)36-20-8-9-27(25(31)13-20)40-18-21-7-5-6-11-34-21/h5-11,13-15,17H,4,12,18H2,1-3H3,(H2,33,38)(H,35,36). The lowest BCUT2D eigenvalue weighted by Crippen LogP contribution is -2.17. The van der Waals surface area contributed by atoms with E-state index >= 15 is 0 Å². The molecule has 0 aliphatic rings. The van der Waals surface area contributed by atoms with Gasteiger partial charge in [-0.2, -0.15) is 5.26 Å². The molecule has 0 saturated heterocycles. The molecule has 10 heteroatoms. The zero-order valence-corrected chi connectivity index (χ0v) is 23.2. The lowest BCUT2D eigenvalue weighted by Gasteiger charge is -2.17. The molecule has 2 heterocycles. The van der Waals surface area contributed by atoms with E-state index in [2.05, 4.69) is 21.4 Å². The number of pyridine rings is 2. The number of hydrogen-bond acceptors (Lipinski definition) is 8. The van der Waals surface area contributed by atoms with E-state index in [1.54, 1.807) is 42.6 Å². The minimum atomic E-state index is -0.589. The van der Waals surface area contributed by atoms with Gasteiger partial charge in [-0.05, 0) is 57.4 Å². The first-order chi connectivity index (χ1) is 19.3. The Balaban J connectivity index is 1.75. The predicted molar refractivity (Wildman–Crippen MR) is 157 cm³/mol. The summed E-state index contributed by atoms with van der Waals surface area (Å²) in [6, 6.07) is 16.6. The van der Waals surface area contributed by atoms with Crippen molar-refractivity contribution in [3.8, 4) is 17.6 Å². The fourth-order valence-electron chi connectivity index (χ4n) is 4.02. The number of rotatable bonds is 11. The number of primary amides is 1. The van der Waals surface area contributed by atoms with Crippen LogP contribution in [0.3, 0.4) is 0 Å². The Kier molecular flexibility index (Phi) is 9.17. The van der Waals surface area contributed by atoms with Gasteiger partial charge in [-0.3, -0.25) is 14.8 Å². The van der Waals surface area contributed by atoms with Gasteiger partial charge in [-0.15, -0.1) is 0 Å². The second kappa shape index (κ2) is 12.9. The first kappa shape index (κ1) is 28.4. The second-order valence-corrected chi connectivity index (χ2v) is 9.49. The van der Waals surface area contributed by atoms with Crippen molar-refractivity contribution in [1.29, 1.82) is 5.26 Å². The molecule has 0 unspecified atom stereocenters. The SMILES string of the molecule is CCOc1cc2ncc(C#N)c(Nc3ccc(OCc4ccccn4)c(Cl)c3)c2cc1C(=CCN(C)C)C(N)=O. The molecule has 9 nitrogen and oxygen atoms in total. The largest absolute Gasteiger partial charge is 0.493 e. The number of ether oxygens (including phenoxy) is 2. The molecule has 1 amide bonds. The maximum absolute atomic E-state index is 12.5. The number of nitrogens with zero attached hydrogens (tertiary/aromatic N) is 4. The molecule has 2 aromatic heterocycles. The molecule has 0 atom stereocenters. The van der Waals surface area contributed by atoms with Gasteiger partial charge in [0.2, 0.25) is 5.91 Å². The number of nitrogens with one attached hydrogen (secondary N) is 1. The van der Waals surface area contributed by atoms with E-state index in [9.17, 15) is 10.1 Å². The zero-order valence-electron chi connectivity index (χ0n) is 22.4. The summed E-state index contributed by atoms with van der Waals surface area (Å²) in [4.78, 5) is 23.1. The highest BCUT2D eigenvalue weighted by Crippen LogP contribution is 2.37. The van der Waals surface area contributed by atoms with Crippen molar-refractivity contribution in [1.82, 2.24) is 14.9 Å². The maximum Gasteiger partial charge on any atom is 0.249 e. The van der Waals surface area contributed by atoms with Crippen LogP contribution < -0.4 is 20.5 Å². The molecule has 0 fully saturated rings. The Bertz CT molecular complexity index is 1600. The Morgan fingerprint density at radius 1 is 1.15 bits per heavy atom. The van der Waals surface area contributed by atoms with Crippen LogP contribution in [0.15, 0.2) is 67.0 Å². The highest BCUT2D eigenvalue weighted by Gasteiger charge is 2.19. The molecule has 0 bridgehead atoms. The summed E-state index contributed by atoms with van der Waals surface area (Å²) >= 11 is 6.53. The van der Waals surface area contributed by atoms with E-state index in [1.165, 1.54) is 6.20 Å². The fraction of sp³-hybridized carbons (Fsp3) is 0.200. The third-order valence-electron chi connectivity index (χ3n) is 5.91. The topological polar surface area (TPSA) is 126 Å². The lowest BCUT2D eigenvalue weighted by atomic mass is 9.99. The van der Waals surface area contributed by atoms with Crippen LogP contribution in [-0.2, 0) is 11.4 Å². The van der Waals surface area contributed by atoms with Gasteiger partial charge in [0.25, 0.3) is 0 Å². The van der Waals surface area contributed by atoms with Crippen LogP contribution in [0.2, 0.25) is 5.02 Å². The number of likely N-dealkylation sites (N-methyl/N-ethyl adjacent to an activating group) is 1. The van der Waals surface area contributed by atoms with Crippen molar-refractivity contribution >= 4 is 45.4 Å². The van der Waals surface area contributed by atoms with Crippen molar-refractivity contribution in [2.45, 2.75) is 13.5 Å². The van der Waals surface area contributed by atoms with Crippen LogP contribution in [0, 0.1) is 11.3 Å². The van der Waals surface area contributed by atoms with E-state index in [1.807, 2.05) is 44.1 Å². The van der Waals surface area contributed by atoms with E-state index in [0.29, 0.717) is 68.7 Å². The molecule has 204 valence electrons. The molecular formula is C30H29ClN6O3. The lowest BCUT2D eigenvalue weighted by molar-refractivity contribution is -0.112. The van der Waals surface area contributed by atoms with Crippen LogP contribution in [0.25, 0.3) is 16.5 Å². The summed E-state index contributed by atoms with van der Waals surface area (Å²) in [5, 5.41) is 14.2. The zero-order chi connectivity index (χ0) is 28.6. The normalized spacial score (nSPS) is 11.3. The van der Waals surface area contributed by atoms with Gasteiger partial charge in [0.1, 0.15) is 24.2 Å². The highest BCUT2D eigenvalue weighted by molar-refractivity contribution is 6.32. The smallest absolute Gasteiger partial charge is 0.249 e. The monoisotopic (exact) mass is 556 g/mol. The predicted octanol–water partition coefficient (Wildman–Crippen LogP) is 5.31. The first-order valence-corrected chi connectivity index (χ1v) is 12.9. The highest BCUT2D eigenvalue weighted by atomic mass is 35.5. The Morgan fingerprint density at radius 2 is 1.98 bits per heavy atom. The average molecular weight is 557 g/mol. The maximum atomic E-state index is 12.5. The number of hydrogen-bond donors (Lipinski definition) is 2. The summed E-state index contributed by atoms with van der Waals surface area (Å²) in [5.41, 5.74) is 9.41. The number of aromatic nitrogens is 2. The van der Waals surface area contributed by atoms with Crippen LogP contribution in [0.1, 0.15) is 23.7 Å². The van der Waals surface area contributed by atoms with Crippen LogP contribution in [0.4, 0.5) is 11.4 Å². The van der Waals surface area contributed by atoms with Gasteiger partial charge in [0.15, 0.2) is 0 Å². The third kappa shape index (κ3) is 6.67. The molecule has 4 rings (SSSR count). The Labute approximate surface area is 237 Å². The quantitative estimate of drug-likeness (QED) is 0.238. The fourth-order valence-corrected chi connectivity index (χ4v) is 4.25. The molecule has 0 radical (unpaired) electrons. The third-order valence-corrected chi connectivity index (χ3v) is 6.20. The number of nitriles is 1. The van der Waals surface area contributed by atoms with Crippen LogP contribution in [-0.4, -0.2) is 48.0 Å². The second-order valence-electron chi connectivity index (χ2n) is 9.08. The molecular weight excluding hydrogens is 528 g/mol. The van der Waals surface area contributed by atoms with Gasteiger partial charge in [-0.1, -0.05) is 23.7 Å². The number of benzene rings is 2. The van der Waals surface area contributed by atoms with Gasteiger partial charge >= 0.3 is 0 Å². The molecule has 40 heavy (non-hydrogen) atoms. The number of amides is 1. The molecule has 4 aromatic rings. The van der Waals surface area contributed by atoms with E-state index in [4.69, 9.17) is 26.8 Å². The number of anilines is 2. The number of nitrogens with two attached hydrogens (primary N) is 1. The minimum Gasteiger partial charge on any atom is -0.493 e. The van der Waals surface area contributed by atoms with Crippen molar-refractivity contribution in [3.05, 3.63) is 88.8 Å². The summed E-state index contributed by atoms with van der Waals surface area (Å²) in [7, 11) is 3.79. The van der Waals surface area contributed by atoms with Gasteiger partial charge in [0, 0.05) is 47.2 Å². The summed E-state index contributed by atoms with van der Waals surface area (Å²) in [6.07, 6.45) is 4.94. The van der Waals surface area contributed by atoms with Gasteiger partial charge in [0.05, 0.1) is 34.1 Å². The Morgan fingerprint density at radius 3 is 2.62 bits per heavy atom. The first-order valence-electron chi connectivity index (χ1n) is 12.5. The molecule has 3 N–H and O–H groups in total. The molecule has 0 aliphatic heterocycles. The number of halogens is 1. The van der Waals surface area contributed by atoms with Gasteiger partial charge < -0.3 is 25.4 Å². The van der Waals surface area contributed by atoms with Crippen molar-refractivity contribution in [2.24, 2.45) is 5.73 Å². The average Bonchev–Trinajstić information content (AvgIpc) is 2.93. The van der Waals surface area contributed by atoms with E-state index < -0.39 is 5.91 Å². The van der Waals surface area contributed by atoms with Crippen LogP contribution >= 0.6 is 11.6 Å². The molecule has 2 aromatic carbocycles. The number of carbonyl (C=O) groups excluding carboxylic acids is 1. The Hall–Kier alpha value is -4.65. The van der Waals surface area contributed by atoms with Gasteiger partial charge in [-0.25, -0.2) is 0 Å². The van der Waals surface area contributed by atoms with Crippen molar-refractivity contribution in [3.63, 3.8) is 0 Å². The van der Waals surface area contributed by atoms with Crippen molar-refractivity contribution in [2.75, 3.05) is 32.6 Å². The van der Waals surface area contributed by atoms with Crippen molar-refractivity contribution < 1.29 is 14.3 Å². The molecule has 0 spiro atoms. The molecule has 0 saturated carbocycles. The summed E-state index contributed by atoms with van der Waals surface area (Å²) in [5.74, 6) is 0.382.